The van der Waals surface area contributed by atoms with E-state index in [-0.39, 0.29) is 6.61 Å². The second kappa shape index (κ2) is 9.56. The summed E-state index contributed by atoms with van der Waals surface area (Å²) in [5.74, 6) is 0.293. The zero-order chi connectivity index (χ0) is 19.2. The van der Waals surface area contributed by atoms with Gasteiger partial charge in [0.15, 0.2) is 0 Å². The Bertz CT molecular complexity index is 544. The first-order valence-electron chi connectivity index (χ1n) is 9.32. The Morgan fingerprint density at radius 1 is 1.08 bits per heavy atom. The number of rotatable bonds is 9. The van der Waals surface area contributed by atoms with Gasteiger partial charge in [0.2, 0.25) is 0 Å². The van der Waals surface area contributed by atoms with Crippen molar-refractivity contribution in [2.45, 2.75) is 56.5 Å². The molecule has 5 atom stereocenters. The zero-order valence-corrected chi connectivity index (χ0v) is 17.7. The predicted octanol–water partition coefficient (Wildman–Crippen LogP) is 0.967. The molecular weight excluding hydrogens is 368 g/mol. The summed E-state index contributed by atoms with van der Waals surface area (Å²) >= 11 is 0. The Morgan fingerprint density at radius 3 is 2.35 bits per heavy atom. The van der Waals surface area contributed by atoms with Crippen molar-refractivity contribution < 1.29 is 28.7 Å². The third-order valence-corrected chi connectivity index (χ3v) is 12.6. The van der Waals surface area contributed by atoms with Crippen LogP contribution in [0.4, 0.5) is 0 Å². The van der Waals surface area contributed by atoms with Gasteiger partial charge in [-0.3, -0.25) is 0 Å². The van der Waals surface area contributed by atoms with E-state index in [2.05, 4.69) is 0 Å². The Morgan fingerprint density at radius 2 is 1.77 bits per heavy atom. The summed E-state index contributed by atoms with van der Waals surface area (Å²) in [6, 6.07) is 10.4. The molecule has 0 heterocycles. The second-order valence-corrected chi connectivity index (χ2v) is 14.0. The zero-order valence-electron chi connectivity index (χ0n) is 15.7. The molecule has 1 fully saturated rings. The fourth-order valence-corrected chi connectivity index (χ4v) is 10.9. The van der Waals surface area contributed by atoms with Crippen LogP contribution in [0.3, 0.4) is 0 Å². The molecule has 1 aliphatic rings. The SMILES string of the molecule is CO[Si](CCO)(CCC1CCC(O)C(O)C1)O[Si](C)(O)c1ccccc1. The van der Waals surface area contributed by atoms with E-state index in [1.165, 1.54) is 0 Å². The van der Waals surface area contributed by atoms with Crippen LogP contribution in [0.2, 0.25) is 18.6 Å². The highest BCUT2D eigenvalue weighted by Crippen LogP contribution is 2.32. The molecule has 26 heavy (non-hydrogen) atoms. The largest absolute Gasteiger partial charge is 0.411 e. The Kier molecular flexibility index (Phi) is 7.98. The molecule has 1 aromatic carbocycles. The van der Waals surface area contributed by atoms with Gasteiger partial charge in [0.1, 0.15) is 0 Å². The lowest BCUT2D eigenvalue weighted by molar-refractivity contribution is -0.0260. The summed E-state index contributed by atoms with van der Waals surface area (Å²) in [5, 5.41) is 29.9. The molecule has 5 unspecified atom stereocenters. The lowest BCUT2D eigenvalue weighted by Gasteiger charge is -2.37. The summed E-state index contributed by atoms with van der Waals surface area (Å²) in [6.45, 7) is 1.69. The van der Waals surface area contributed by atoms with Crippen LogP contribution in [0.5, 0.6) is 0 Å². The van der Waals surface area contributed by atoms with Gasteiger partial charge in [-0.1, -0.05) is 30.3 Å². The average Bonchev–Trinajstić information content (AvgIpc) is 2.63. The first kappa shape index (κ1) is 21.7. The lowest BCUT2D eigenvalue weighted by Crippen LogP contribution is -2.58. The maximum atomic E-state index is 11.0. The third-order valence-electron chi connectivity index (χ3n) is 5.38. The van der Waals surface area contributed by atoms with E-state index >= 15 is 0 Å². The minimum atomic E-state index is -3.15. The average molecular weight is 401 g/mol. The topological polar surface area (TPSA) is 99.4 Å². The van der Waals surface area contributed by atoms with E-state index < -0.39 is 29.3 Å². The summed E-state index contributed by atoms with van der Waals surface area (Å²) in [4.78, 5) is 11.0. The van der Waals surface area contributed by atoms with E-state index in [9.17, 15) is 20.1 Å². The summed E-state index contributed by atoms with van der Waals surface area (Å²) in [7, 11) is -4.35. The maximum absolute atomic E-state index is 11.0. The number of hydrogen-bond acceptors (Lipinski definition) is 6. The van der Waals surface area contributed by atoms with Crippen molar-refractivity contribution in [2.24, 2.45) is 5.92 Å². The van der Waals surface area contributed by atoms with Crippen LogP contribution >= 0.6 is 0 Å². The molecule has 0 aromatic heterocycles. The summed E-state index contributed by atoms with van der Waals surface area (Å²) in [6.07, 6.45) is 1.52. The molecule has 0 spiro atoms. The molecule has 4 N–H and O–H groups in total. The van der Waals surface area contributed by atoms with Crippen LogP contribution in [0.25, 0.3) is 0 Å². The normalized spacial score (nSPS) is 28.3. The number of benzene rings is 1. The molecule has 0 radical (unpaired) electrons. The standard InChI is InChI=1S/C18H32O6Si2/c1-23-26(13-11-19,12-10-15-8-9-17(20)18(21)14-15)24-25(2,22)16-6-4-3-5-7-16/h3-7,15,17-22H,8-14H2,1-2H3. The van der Waals surface area contributed by atoms with Crippen LogP contribution in [-0.2, 0) is 8.54 Å². The van der Waals surface area contributed by atoms with Crippen molar-refractivity contribution >= 4 is 22.3 Å². The number of hydrogen-bond donors (Lipinski definition) is 4. The Balaban J connectivity index is 2.07. The van der Waals surface area contributed by atoms with Crippen molar-refractivity contribution in [3.63, 3.8) is 0 Å². The third kappa shape index (κ3) is 5.70. The highest BCUT2D eigenvalue weighted by molar-refractivity contribution is 6.87. The fraction of sp³-hybridized carbons (Fsp3) is 0.667. The van der Waals surface area contributed by atoms with E-state index in [0.29, 0.717) is 30.8 Å². The molecule has 2 rings (SSSR count). The molecule has 0 saturated heterocycles. The molecule has 148 valence electrons. The van der Waals surface area contributed by atoms with Gasteiger partial charge in [-0.05, 0) is 49.4 Å². The summed E-state index contributed by atoms with van der Waals surface area (Å²) in [5.41, 5.74) is 0. The monoisotopic (exact) mass is 400 g/mol. The van der Waals surface area contributed by atoms with Gasteiger partial charge < -0.3 is 28.7 Å². The Labute approximate surface area is 157 Å². The maximum Gasteiger partial charge on any atom is 0.357 e. The van der Waals surface area contributed by atoms with Crippen LogP contribution < -0.4 is 5.19 Å². The van der Waals surface area contributed by atoms with Gasteiger partial charge in [-0.15, -0.1) is 0 Å². The molecule has 0 bridgehead atoms. The van der Waals surface area contributed by atoms with Crippen molar-refractivity contribution in [1.82, 2.24) is 0 Å². The van der Waals surface area contributed by atoms with Gasteiger partial charge in [0.05, 0.1) is 12.2 Å². The van der Waals surface area contributed by atoms with Crippen molar-refractivity contribution in [2.75, 3.05) is 13.7 Å². The van der Waals surface area contributed by atoms with Crippen LogP contribution in [0.1, 0.15) is 25.7 Å². The first-order chi connectivity index (χ1) is 12.3. The highest BCUT2D eigenvalue weighted by atomic mass is 28.5. The lowest BCUT2D eigenvalue weighted by atomic mass is 9.84. The van der Waals surface area contributed by atoms with Crippen molar-refractivity contribution in [1.29, 1.82) is 0 Å². The minimum Gasteiger partial charge on any atom is -0.411 e. The van der Waals surface area contributed by atoms with E-state index in [4.69, 9.17) is 8.54 Å². The van der Waals surface area contributed by atoms with Crippen molar-refractivity contribution in [3.8, 4) is 0 Å². The van der Waals surface area contributed by atoms with Crippen LogP contribution in [0, 0.1) is 5.92 Å². The minimum absolute atomic E-state index is 0.0503. The van der Waals surface area contributed by atoms with Crippen LogP contribution in [0.15, 0.2) is 30.3 Å². The molecule has 0 aliphatic heterocycles. The van der Waals surface area contributed by atoms with E-state index in [0.717, 1.165) is 18.0 Å². The Hall–Kier alpha value is -0.586. The summed E-state index contributed by atoms with van der Waals surface area (Å²) < 4.78 is 12.1. The molecular formula is C18H32O6Si2. The number of aliphatic hydroxyl groups is 3. The molecule has 6 nitrogen and oxygen atoms in total. The van der Waals surface area contributed by atoms with Gasteiger partial charge in [-0.2, -0.15) is 0 Å². The first-order valence-corrected chi connectivity index (χ1v) is 13.9. The predicted molar refractivity (Wildman–Crippen MR) is 104 cm³/mol. The molecule has 0 amide bonds. The van der Waals surface area contributed by atoms with Gasteiger partial charge in [0.25, 0.3) is 0 Å². The second-order valence-electron chi connectivity index (χ2n) is 7.39. The quantitative estimate of drug-likeness (QED) is 0.461. The van der Waals surface area contributed by atoms with Gasteiger partial charge >= 0.3 is 17.1 Å². The molecule has 1 aromatic rings. The van der Waals surface area contributed by atoms with Gasteiger partial charge in [-0.25, -0.2) is 0 Å². The van der Waals surface area contributed by atoms with Crippen molar-refractivity contribution in [3.05, 3.63) is 30.3 Å². The van der Waals surface area contributed by atoms with Gasteiger partial charge in [0, 0.05) is 19.8 Å². The van der Waals surface area contributed by atoms with E-state index in [1.807, 2.05) is 30.3 Å². The van der Waals surface area contributed by atoms with Crippen LogP contribution in [-0.4, -0.2) is 63.2 Å². The molecule has 8 heteroatoms. The fourth-order valence-electron chi connectivity index (χ4n) is 3.71. The molecule has 1 saturated carbocycles. The highest BCUT2D eigenvalue weighted by Gasteiger charge is 2.45. The van der Waals surface area contributed by atoms with E-state index in [1.54, 1.807) is 13.7 Å². The molecule has 1 aliphatic carbocycles. The smallest absolute Gasteiger partial charge is 0.357 e. The number of aliphatic hydroxyl groups excluding tert-OH is 3.